The van der Waals surface area contributed by atoms with Crippen LogP contribution >= 0.6 is 23.1 Å². The van der Waals surface area contributed by atoms with Crippen molar-refractivity contribution in [3.8, 4) is 0 Å². The maximum Gasteiger partial charge on any atom is 0.154 e. The quantitative estimate of drug-likeness (QED) is 0.723. The van der Waals surface area contributed by atoms with Gasteiger partial charge in [0.1, 0.15) is 0 Å². The summed E-state index contributed by atoms with van der Waals surface area (Å²) in [5, 5.41) is 3.15. The molecule has 5 heteroatoms. The number of benzene rings is 1. The summed E-state index contributed by atoms with van der Waals surface area (Å²) in [5.41, 5.74) is 9.68. The molecule has 2 aromatic heterocycles. The van der Waals surface area contributed by atoms with Gasteiger partial charge in [-0.05, 0) is 38.1 Å². The Kier molecular flexibility index (Phi) is 3.16. The van der Waals surface area contributed by atoms with E-state index in [1.54, 1.807) is 23.1 Å². The standard InChI is InChI=1S/C14H13N3S2/c1-8-5-13(19-14-17-9(2)7-18-14)11-6-10(15)3-4-12(11)16-8/h3-7H,15H2,1-2H3. The molecule has 0 spiro atoms. The Morgan fingerprint density at radius 1 is 1.11 bits per heavy atom. The lowest BCUT2D eigenvalue weighted by atomic mass is 10.2. The Morgan fingerprint density at radius 2 is 1.95 bits per heavy atom. The summed E-state index contributed by atoms with van der Waals surface area (Å²) >= 11 is 3.34. The molecule has 3 aromatic rings. The first-order valence-corrected chi connectivity index (χ1v) is 7.58. The zero-order valence-corrected chi connectivity index (χ0v) is 12.3. The second-order valence-corrected chi connectivity index (χ2v) is 6.54. The van der Waals surface area contributed by atoms with Crippen molar-refractivity contribution in [2.45, 2.75) is 23.1 Å². The Balaban J connectivity index is 2.13. The first-order valence-electron chi connectivity index (χ1n) is 5.89. The average molecular weight is 287 g/mol. The fraction of sp³-hybridized carbons (Fsp3) is 0.143. The molecular formula is C14H13N3S2. The maximum absolute atomic E-state index is 5.88. The highest BCUT2D eigenvalue weighted by atomic mass is 32.2. The van der Waals surface area contributed by atoms with Gasteiger partial charge in [-0.15, -0.1) is 11.3 Å². The minimum absolute atomic E-state index is 0.760. The molecule has 19 heavy (non-hydrogen) atoms. The summed E-state index contributed by atoms with van der Waals surface area (Å²) in [6.07, 6.45) is 0. The minimum Gasteiger partial charge on any atom is -0.399 e. The number of rotatable bonds is 2. The van der Waals surface area contributed by atoms with E-state index < -0.39 is 0 Å². The van der Waals surface area contributed by atoms with Crippen molar-refractivity contribution >= 4 is 39.7 Å². The maximum atomic E-state index is 5.88. The summed E-state index contributed by atoms with van der Waals surface area (Å²) in [4.78, 5) is 10.2. The number of hydrogen-bond donors (Lipinski definition) is 1. The molecule has 2 heterocycles. The van der Waals surface area contributed by atoms with Crippen molar-refractivity contribution in [2.75, 3.05) is 5.73 Å². The van der Waals surface area contributed by atoms with Crippen molar-refractivity contribution in [1.29, 1.82) is 0 Å². The van der Waals surface area contributed by atoms with E-state index in [1.807, 2.05) is 32.0 Å². The van der Waals surface area contributed by atoms with Crippen LogP contribution < -0.4 is 5.73 Å². The van der Waals surface area contributed by atoms with Crippen molar-refractivity contribution < 1.29 is 0 Å². The van der Waals surface area contributed by atoms with Crippen LogP contribution in [0.5, 0.6) is 0 Å². The Hall–Kier alpha value is -1.59. The Morgan fingerprint density at radius 3 is 2.68 bits per heavy atom. The molecular weight excluding hydrogens is 274 g/mol. The number of pyridine rings is 1. The van der Waals surface area contributed by atoms with Crippen LogP contribution in [0.15, 0.2) is 38.9 Å². The molecule has 2 N–H and O–H groups in total. The lowest BCUT2D eigenvalue weighted by Gasteiger charge is -2.06. The van der Waals surface area contributed by atoms with Gasteiger partial charge in [-0.25, -0.2) is 4.98 Å². The number of thiazole rings is 1. The summed E-state index contributed by atoms with van der Waals surface area (Å²) in [7, 11) is 0. The average Bonchev–Trinajstić information content (AvgIpc) is 2.76. The van der Waals surface area contributed by atoms with E-state index in [0.29, 0.717) is 0 Å². The van der Waals surface area contributed by atoms with Gasteiger partial charge in [-0.2, -0.15) is 0 Å². The van der Waals surface area contributed by atoms with Crippen molar-refractivity contribution in [2.24, 2.45) is 0 Å². The van der Waals surface area contributed by atoms with Gasteiger partial charge >= 0.3 is 0 Å². The molecule has 0 aliphatic heterocycles. The molecule has 0 aliphatic rings. The van der Waals surface area contributed by atoms with E-state index in [-0.39, 0.29) is 0 Å². The van der Waals surface area contributed by atoms with Gasteiger partial charge in [0.2, 0.25) is 0 Å². The van der Waals surface area contributed by atoms with Crippen LogP contribution in [0.25, 0.3) is 10.9 Å². The lowest BCUT2D eigenvalue weighted by molar-refractivity contribution is 1.16. The molecule has 1 aromatic carbocycles. The number of hydrogen-bond acceptors (Lipinski definition) is 5. The van der Waals surface area contributed by atoms with E-state index in [2.05, 4.69) is 21.4 Å². The van der Waals surface area contributed by atoms with E-state index in [4.69, 9.17) is 5.73 Å². The number of nitrogen functional groups attached to an aromatic ring is 1. The first kappa shape index (κ1) is 12.4. The van der Waals surface area contributed by atoms with Gasteiger partial charge in [-0.3, -0.25) is 4.98 Å². The van der Waals surface area contributed by atoms with Gasteiger partial charge in [0.15, 0.2) is 4.34 Å². The molecule has 0 saturated heterocycles. The van der Waals surface area contributed by atoms with Crippen molar-refractivity contribution in [3.63, 3.8) is 0 Å². The zero-order valence-electron chi connectivity index (χ0n) is 10.7. The predicted octanol–water partition coefficient (Wildman–Crippen LogP) is 4.04. The van der Waals surface area contributed by atoms with Crippen LogP contribution in [0.4, 0.5) is 5.69 Å². The fourth-order valence-electron chi connectivity index (χ4n) is 1.90. The molecule has 0 radical (unpaired) electrons. The predicted molar refractivity (Wildman–Crippen MR) is 81.9 cm³/mol. The second-order valence-electron chi connectivity index (χ2n) is 4.40. The number of nitrogens with two attached hydrogens (primary N) is 1. The van der Waals surface area contributed by atoms with E-state index in [0.717, 1.165) is 37.2 Å². The molecule has 0 unspecified atom stereocenters. The smallest absolute Gasteiger partial charge is 0.154 e. The topological polar surface area (TPSA) is 51.8 Å². The highest BCUT2D eigenvalue weighted by molar-refractivity contribution is 8.01. The van der Waals surface area contributed by atoms with Crippen LogP contribution in [0.2, 0.25) is 0 Å². The van der Waals surface area contributed by atoms with Crippen LogP contribution in [-0.4, -0.2) is 9.97 Å². The van der Waals surface area contributed by atoms with Crippen LogP contribution in [0.3, 0.4) is 0 Å². The van der Waals surface area contributed by atoms with Crippen molar-refractivity contribution in [3.05, 3.63) is 41.0 Å². The second kappa shape index (κ2) is 4.83. The van der Waals surface area contributed by atoms with Gasteiger partial charge < -0.3 is 5.73 Å². The summed E-state index contributed by atoms with van der Waals surface area (Å²) in [5.74, 6) is 0. The number of fused-ring (bicyclic) bond motifs is 1. The van der Waals surface area contributed by atoms with Crippen LogP contribution in [0, 0.1) is 13.8 Å². The highest BCUT2D eigenvalue weighted by Crippen LogP contribution is 2.35. The lowest BCUT2D eigenvalue weighted by Crippen LogP contribution is -1.90. The summed E-state index contributed by atoms with van der Waals surface area (Å²) in [6, 6.07) is 7.92. The van der Waals surface area contributed by atoms with E-state index >= 15 is 0 Å². The minimum atomic E-state index is 0.760. The fourth-order valence-corrected chi connectivity index (χ4v) is 3.90. The Bertz CT molecular complexity index is 750. The third-order valence-corrected chi connectivity index (χ3v) is 4.83. The molecule has 0 aliphatic carbocycles. The number of nitrogens with zero attached hydrogens (tertiary/aromatic N) is 2. The van der Waals surface area contributed by atoms with Gasteiger partial charge in [0, 0.05) is 32.7 Å². The van der Waals surface area contributed by atoms with E-state index in [1.165, 1.54) is 0 Å². The van der Waals surface area contributed by atoms with Gasteiger partial charge in [0.05, 0.1) is 5.52 Å². The largest absolute Gasteiger partial charge is 0.399 e. The molecule has 3 nitrogen and oxygen atoms in total. The molecule has 0 atom stereocenters. The summed E-state index contributed by atoms with van der Waals surface area (Å²) < 4.78 is 1.05. The monoisotopic (exact) mass is 287 g/mol. The molecule has 0 fully saturated rings. The summed E-state index contributed by atoms with van der Waals surface area (Å²) in [6.45, 7) is 4.02. The molecule has 0 saturated carbocycles. The third-order valence-electron chi connectivity index (χ3n) is 2.72. The number of anilines is 1. The van der Waals surface area contributed by atoms with Gasteiger partial charge in [-0.1, -0.05) is 11.8 Å². The zero-order chi connectivity index (χ0) is 13.4. The molecule has 96 valence electrons. The molecule has 0 bridgehead atoms. The number of aryl methyl sites for hydroxylation is 2. The third kappa shape index (κ3) is 2.57. The molecule has 0 amide bonds. The van der Waals surface area contributed by atoms with E-state index in [9.17, 15) is 0 Å². The highest BCUT2D eigenvalue weighted by Gasteiger charge is 2.08. The Labute approximate surface area is 119 Å². The van der Waals surface area contributed by atoms with Gasteiger partial charge in [0.25, 0.3) is 0 Å². The van der Waals surface area contributed by atoms with Crippen molar-refractivity contribution in [1.82, 2.24) is 9.97 Å². The SMILES string of the molecule is Cc1csc(Sc2cc(C)nc3ccc(N)cc23)n1. The van der Waals surface area contributed by atoms with Crippen LogP contribution in [0.1, 0.15) is 11.4 Å². The molecule has 3 rings (SSSR count). The first-order chi connectivity index (χ1) is 9.11. The van der Waals surface area contributed by atoms with Crippen LogP contribution in [-0.2, 0) is 0 Å². The normalized spacial score (nSPS) is 11.1. The number of aromatic nitrogens is 2.